The number of phenolic OH excluding ortho intramolecular Hbond substituents is 1. The molecule has 0 aliphatic carbocycles. The van der Waals surface area contributed by atoms with Gasteiger partial charge in [-0.25, -0.2) is 0 Å². The number of aliphatic imine (C=N–C) groups is 1. The van der Waals surface area contributed by atoms with Crippen molar-refractivity contribution in [3.05, 3.63) is 65.2 Å². The van der Waals surface area contributed by atoms with Crippen LogP contribution in [0, 0.1) is 5.92 Å². The van der Waals surface area contributed by atoms with E-state index < -0.39 is 0 Å². The van der Waals surface area contributed by atoms with Crippen molar-refractivity contribution in [3.8, 4) is 5.75 Å². The predicted octanol–water partition coefficient (Wildman–Crippen LogP) is 4.15. The fraction of sp³-hybridized carbons (Fsp3) is 0.381. The average Bonchev–Trinajstić information content (AvgIpc) is 2.57. The topological polar surface area (TPSA) is 52.8 Å². The Balaban J connectivity index is 2.40. The Labute approximate surface area is 144 Å². The Hall–Kier alpha value is -2.13. The lowest BCUT2D eigenvalue weighted by Crippen LogP contribution is -2.20. The number of hydrogen-bond donors (Lipinski definition) is 2. The quantitative estimate of drug-likeness (QED) is 0.784. The summed E-state index contributed by atoms with van der Waals surface area (Å²) in [5, 5.41) is 20.2. The summed E-state index contributed by atoms with van der Waals surface area (Å²) in [5.74, 6) is 0.493. The summed E-state index contributed by atoms with van der Waals surface area (Å²) in [6.45, 7) is 8.25. The molecular formula is C21H27NO2. The lowest BCUT2D eigenvalue weighted by Gasteiger charge is -2.27. The molecular weight excluding hydrogens is 298 g/mol. The first-order valence-electron chi connectivity index (χ1n) is 8.40. The molecule has 0 aromatic heterocycles. The monoisotopic (exact) mass is 325 g/mol. The molecule has 0 fully saturated rings. The van der Waals surface area contributed by atoms with Gasteiger partial charge in [0, 0.05) is 22.8 Å². The van der Waals surface area contributed by atoms with E-state index >= 15 is 0 Å². The maximum absolute atomic E-state index is 10.8. The van der Waals surface area contributed by atoms with Gasteiger partial charge in [-0.3, -0.25) is 4.99 Å². The Morgan fingerprint density at radius 3 is 2.29 bits per heavy atom. The van der Waals surface area contributed by atoms with Crippen molar-refractivity contribution < 1.29 is 10.2 Å². The lowest BCUT2D eigenvalue weighted by molar-refractivity contribution is 0.240. The summed E-state index contributed by atoms with van der Waals surface area (Å²) < 4.78 is 0. The normalized spacial score (nSPS) is 13.6. The third-order valence-electron chi connectivity index (χ3n) is 4.60. The summed E-state index contributed by atoms with van der Waals surface area (Å²) in [5.41, 5.74) is 2.37. The molecule has 0 spiro atoms. The highest BCUT2D eigenvalue weighted by molar-refractivity contribution is 5.84. The molecule has 0 aliphatic rings. The summed E-state index contributed by atoms with van der Waals surface area (Å²) in [7, 11) is 0. The van der Waals surface area contributed by atoms with Gasteiger partial charge in [-0.1, -0.05) is 70.2 Å². The molecule has 2 rings (SSSR count). The van der Waals surface area contributed by atoms with E-state index in [1.807, 2.05) is 50.2 Å². The highest BCUT2D eigenvalue weighted by Crippen LogP contribution is 2.37. The summed E-state index contributed by atoms with van der Waals surface area (Å²) in [6.07, 6.45) is 1.67. The van der Waals surface area contributed by atoms with E-state index in [1.165, 1.54) is 0 Å². The second-order valence-electron chi connectivity index (χ2n) is 7.01. The van der Waals surface area contributed by atoms with Gasteiger partial charge in [-0.15, -0.1) is 0 Å². The van der Waals surface area contributed by atoms with E-state index in [4.69, 9.17) is 0 Å². The van der Waals surface area contributed by atoms with E-state index in [2.05, 4.69) is 31.0 Å². The number of aliphatic hydroxyl groups is 1. The fourth-order valence-electron chi connectivity index (χ4n) is 2.79. The SMILES string of the molecule is CC(C)[C@@H](CO)/N=C/c1cccc(C(C)(C)c2ccccc2)c1O. The van der Waals surface area contributed by atoms with Crippen molar-refractivity contribution in [2.75, 3.05) is 6.61 Å². The van der Waals surface area contributed by atoms with E-state index in [0.29, 0.717) is 5.56 Å². The Bertz CT molecular complexity index is 690. The maximum Gasteiger partial charge on any atom is 0.128 e. The van der Waals surface area contributed by atoms with Gasteiger partial charge in [0.05, 0.1) is 12.6 Å². The third-order valence-corrected chi connectivity index (χ3v) is 4.60. The first-order chi connectivity index (χ1) is 11.4. The van der Waals surface area contributed by atoms with Crippen LogP contribution in [0.4, 0.5) is 0 Å². The highest BCUT2D eigenvalue weighted by atomic mass is 16.3. The zero-order valence-electron chi connectivity index (χ0n) is 14.9. The van der Waals surface area contributed by atoms with Crippen molar-refractivity contribution in [2.24, 2.45) is 10.9 Å². The van der Waals surface area contributed by atoms with Gasteiger partial charge in [-0.05, 0) is 17.5 Å². The molecule has 0 amide bonds. The molecule has 2 N–H and O–H groups in total. The van der Waals surface area contributed by atoms with Crippen LogP contribution in [0.15, 0.2) is 53.5 Å². The van der Waals surface area contributed by atoms with Crippen LogP contribution in [0.1, 0.15) is 44.4 Å². The van der Waals surface area contributed by atoms with E-state index in [9.17, 15) is 10.2 Å². The summed E-state index contributed by atoms with van der Waals surface area (Å²) >= 11 is 0. The number of para-hydroxylation sites is 1. The largest absolute Gasteiger partial charge is 0.507 e. The highest BCUT2D eigenvalue weighted by Gasteiger charge is 2.26. The van der Waals surface area contributed by atoms with Crippen LogP contribution < -0.4 is 0 Å². The Morgan fingerprint density at radius 2 is 1.71 bits per heavy atom. The second-order valence-corrected chi connectivity index (χ2v) is 7.01. The molecule has 2 aromatic rings. The number of aliphatic hydroxyl groups excluding tert-OH is 1. The van der Waals surface area contributed by atoms with Crippen LogP contribution in [0.25, 0.3) is 0 Å². The lowest BCUT2D eigenvalue weighted by atomic mass is 9.77. The fourth-order valence-corrected chi connectivity index (χ4v) is 2.79. The molecule has 0 heterocycles. The van der Waals surface area contributed by atoms with Crippen molar-refractivity contribution in [3.63, 3.8) is 0 Å². The van der Waals surface area contributed by atoms with Gasteiger partial charge in [0.1, 0.15) is 5.75 Å². The minimum Gasteiger partial charge on any atom is -0.507 e. The first kappa shape index (κ1) is 18.2. The summed E-state index contributed by atoms with van der Waals surface area (Å²) in [4.78, 5) is 4.43. The van der Waals surface area contributed by atoms with Gasteiger partial charge in [0.15, 0.2) is 0 Å². The maximum atomic E-state index is 10.8. The Kier molecular flexibility index (Phi) is 5.79. The zero-order valence-corrected chi connectivity index (χ0v) is 14.9. The van der Waals surface area contributed by atoms with E-state index in [1.54, 1.807) is 6.21 Å². The smallest absolute Gasteiger partial charge is 0.128 e. The molecule has 0 radical (unpaired) electrons. The first-order valence-corrected chi connectivity index (χ1v) is 8.40. The van der Waals surface area contributed by atoms with E-state index in [-0.39, 0.29) is 29.7 Å². The average molecular weight is 325 g/mol. The molecule has 0 aliphatic heterocycles. The second kappa shape index (κ2) is 7.63. The van der Waals surface area contributed by atoms with Crippen LogP contribution in [0.5, 0.6) is 5.75 Å². The minimum atomic E-state index is -0.316. The molecule has 2 aromatic carbocycles. The molecule has 3 nitrogen and oxygen atoms in total. The molecule has 0 saturated carbocycles. The van der Waals surface area contributed by atoms with Crippen molar-refractivity contribution >= 4 is 6.21 Å². The van der Waals surface area contributed by atoms with Crippen molar-refractivity contribution in [1.82, 2.24) is 0 Å². The number of hydrogen-bond acceptors (Lipinski definition) is 3. The van der Waals surface area contributed by atoms with Gasteiger partial charge in [0.25, 0.3) is 0 Å². The zero-order chi connectivity index (χ0) is 17.7. The summed E-state index contributed by atoms with van der Waals surface area (Å²) in [6, 6.07) is 15.7. The van der Waals surface area contributed by atoms with Crippen LogP contribution in [-0.2, 0) is 5.41 Å². The van der Waals surface area contributed by atoms with Crippen LogP contribution in [0.3, 0.4) is 0 Å². The number of nitrogens with zero attached hydrogens (tertiary/aromatic N) is 1. The molecule has 24 heavy (non-hydrogen) atoms. The molecule has 3 heteroatoms. The van der Waals surface area contributed by atoms with Crippen LogP contribution in [-0.4, -0.2) is 29.1 Å². The van der Waals surface area contributed by atoms with E-state index in [0.717, 1.165) is 11.1 Å². The van der Waals surface area contributed by atoms with Crippen LogP contribution >= 0.6 is 0 Å². The van der Waals surface area contributed by atoms with Gasteiger partial charge in [0.2, 0.25) is 0 Å². The molecule has 1 atom stereocenters. The van der Waals surface area contributed by atoms with Crippen molar-refractivity contribution in [1.29, 1.82) is 0 Å². The minimum absolute atomic E-state index is 0.00409. The molecule has 128 valence electrons. The predicted molar refractivity (Wildman–Crippen MR) is 100.0 cm³/mol. The number of rotatable bonds is 6. The molecule has 0 bridgehead atoms. The third kappa shape index (κ3) is 3.85. The Morgan fingerprint density at radius 1 is 1.04 bits per heavy atom. The van der Waals surface area contributed by atoms with Gasteiger partial charge < -0.3 is 10.2 Å². The standard InChI is InChI=1S/C21H27NO2/c1-15(2)19(14-23)22-13-16-9-8-12-18(20(16)24)21(3,4)17-10-6-5-7-11-17/h5-13,15,19,23-24H,14H2,1-4H3/b22-13+/t19-/m1/s1. The van der Waals surface area contributed by atoms with Crippen molar-refractivity contribution in [2.45, 2.75) is 39.2 Å². The molecule has 0 saturated heterocycles. The van der Waals surface area contributed by atoms with Gasteiger partial charge in [-0.2, -0.15) is 0 Å². The number of aromatic hydroxyl groups is 1. The van der Waals surface area contributed by atoms with Gasteiger partial charge >= 0.3 is 0 Å². The number of phenols is 1. The number of benzene rings is 2. The molecule has 0 unspecified atom stereocenters. The van der Waals surface area contributed by atoms with Crippen LogP contribution in [0.2, 0.25) is 0 Å².